The van der Waals surface area contributed by atoms with Gasteiger partial charge < -0.3 is 10.3 Å². The molecule has 2 aromatic carbocycles. The number of hydrogen-bond acceptors (Lipinski definition) is 4. The number of para-hydroxylation sites is 1. The summed E-state index contributed by atoms with van der Waals surface area (Å²) in [4.78, 5) is 38.1. The maximum Gasteiger partial charge on any atom is 0.277 e. The topological polar surface area (TPSA) is 105 Å². The summed E-state index contributed by atoms with van der Waals surface area (Å²) >= 11 is 0. The first-order chi connectivity index (χ1) is 13.0. The Kier molecular flexibility index (Phi) is 4.80. The van der Waals surface area contributed by atoms with Crippen molar-refractivity contribution in [2.75, 3.05) is 7.05 Å². The molecule has 0 radical (unpaired) electrons. The lowest BCUT2D eigenvalue weighted by Gasteiger charge is -2.11. The van der Waals surface area contributed by atoms with Gasteiger partial charge in [0.1, 0.15) is 5.82 Å². The number of rotatable bonds is 5. The van der Waals surface area contributed by atoms with Crippen LogP contribution >= 0.6 is 0 Å². The van der Waals surface area contributed by atoms with Crippen molar-refractivity contribution in [3.63, 3.8) is 0 Å². The Morgan fingerprint density at radius 1 is 1.22 bits per heavy atom. The van der Waals surface area contributed by atoms with Crippen LogP contribution in [0.1, 0.15) is 11.1 Å². The minimum atomic E-state index is -0.763. The number of likely N-dealkylation sites (N-methyl/N-ethyl adjacent to an activating group) is 1. The van der Waals surface area contributed by atoms with Crippen LogP contribution in [0, 0.1) is 15.9 Å². The number of fused-ring (bicyclic) bond motifs is 1. The molecule has 0 aliphatic heterocycles. The van der Waals surface area contributed by atoms with E-state index >= 15 is 0 Å². The molecular formula is C19H14FN3O4. The van der Waals surface area contributed by atoms with Crippen molar-refractivity contribution in [1.29, 1.82) is 0 Å². The number of amides is 1. The number of benzene rings is 2. The average molecular weight is 367 g/mol. The first kappa shape index (κ1) is 18.0. The molecule has 136 valence electrons. The molecule has 0 atom stereocenters. The van der Waals surface area contributed by atoms with E-state index < -0.39 is 22.3 Å². The number of nitrogens with zero attached hydrogens (tertiary/aromatic N) is 1. The van der Waals surface area contributed by atoms with E-state index in [0.29, 0.717) is 17.2 Å². The van der Waals surface area contributed by atoms with E-state index in [4.69, 9.17) is 0 Å². The van der Waals surface area contributed by atoms with Gasteiger partial charge in [-0.15, -0.1) is 0 Å². The highest BCUT2D eigenvalue weighted by atomic mass is 19.1. The normalized spacial score (nSPS) is 11.8. The molecule has 0 unspecified atom stereocenters. The number of allylic oxidation sites excluding steroid dienone is 1. The number of H-pyrrole nitrogens is 1. The Balaban J connectivity index is 2.41. The highest BCUT2D eigenvalue weighted by Gasteiger charge is 2.27. The highest BCUT2D eigenvalue weighted by Crippen LogP contribution is 2.34. The smallest absolute Gasteiger partial charge is 0.277 e. The van der Waals surface area contributed by atoms with E-state index in [1.54, 1.807) is 24.3 Å². The zero-order valence-electron chi connectivity index (χ0n) is 14.2. The Labute approximate surface area is 152 Å². The summed E-state index contributed by atoms with van der Waals surface area (Å²) in [5.41, 5.74) is -0.000479. The number of carbonyl (C=O) groups is 2. The SMILES string of the molecule is CNC(=O)/C(=C(\C=O)c1c[nH]c2ccccc12)c1cc(F)ccc1[N+](=O)[O-]. The Morgan fingerprint density at radius 3 is 2.63 bits per heavy atom. The quantitative estimate of drug-likeness (QED) is 0.313. The summed E-state index contributed by atoms with van der Waals surface area (Å²) in [6.45, 7) is 0. The first-order valence-corrected chi connectivity index (χ1v) is 7.90. The molecule has 0 spiro atoms. The number of nitrogens with one attached hydrogen (secondary N) is 2. The van der Waals surface area contributed by atoms with Gasteiger partial charge in [-0.25, -0.2) is 4.39 Å². The van der Waals surface area contributed by atoms with E-state index in [0.717, 1.165) is 23.7 Å². The van der Waals surface area contributed by atoms with Gasteiger partial charge in [0.25, 0.3) is 11.6 Å². The molecule has 0 fully saturated rings. The van der Waals surface area contributed by atoms with Crippen LogP contribution in [0.25, 0.3) is 22.0 Å². The van der Waals surface area contributed by atoms with Crippen LogP contribution in [-0.2, 0) is 9.59 Å². The van der Waals surface area contributed by atoms with Crippen molar-refractivity contribution < 1.29 is 18.9 Å². The van der Waals surface area contributed by atoms with E-state index in [2.05, 4.69) is 10.3 Å². The van der Waals surface area contributed by atoms with Crippen LogP contribution in [0.5, 0.6) is 0 Å². The van der Waals surface area contributed by atoms with Crippen LogP contribution < -0.4 is 5.32 Å². The monoisotopic (exact) mass is 367 g/mol. The molecule has 27 heavy (non-hydrogen) atoms. The van der Waals surface area contributed by atoms with Gasteiger partial charge >= 0.3 is 0 Å². The Bertz CT molecular complexity index is 1100. The van der Waals surface area contributed by atoms with Crippen molar-refractivity contribution in [3.8, 4) is 0 Å². The van der Waals surface area contributed by atoms with Gasteiger partial charge in [-0.05, 0) is 18.2 Å². The lowest BCUT2D eigenvalue weighted by Crippen LogP contribution is -2.21. The van der Waals surface area contributed by atoms with Gasteiger partial charge in [0.05, 0.1) is 16.1 Å². The molecule has 1 aromatic heterocycles. The largest absolute Gasteiger partial charge is 0.361 e. The molecule has 0 aliphatic carbocycles. The molecule has 0 saturated carbocycles. The molecule has 3 aromatic rings. The molecule has 0 saturated heterocycles. The van der Waals surface area contributed by atoms with Crippen LogP contribution in [0.4, 0.5) is 10.1 Å². The third-order valence-corrected chi connectivity index (χ3v) is 4.15. The van der Waals surface area contributed by atoms with Crippen molar-refractivity contribution in [3.05, 3.63) is 75.7 Å². The van der Waals surface area contributed by atoms with Gasteiger partial charge in [0.15, 0.2) is 6.29 Å². The van der Waals surface area contributed by atoms with Gasteiger partial charge in [0.2, 0.25) is 0 Å². The number of aromatic nitrogens is 1. The second-order valence-corrected chi connectivity index (χ2v) is 5.65. The Hall–Kier alpha value is -3.81. The lowest BCUT2D eigenvalue weighted by molar-refractivity contribution is -0.385. The number of nitro groups is 1. The summed E-state index contributed by atoms with van der Waals surface area (Å²) in [6.07, 6.45) is 1.97. The van der Waals surface area contributed by atoms with Crippen molar-refractivity contribution in [2.24, 2.45) is 0 Å². The number of carbonyl (C=O) groups excluding carboxylic acids is 2. The Morgan fingerprint density at radius 2 is 1.96 bits per heavy atom. The highest BCUT2D eigenvalue weighted by molar-refractivity contribution is 6.37. The zero-order chi connectivity index (χ0) is 19.6. The molecule has 1 amide bonds. The van der Waals surface area contributed by atoms with E-state index in [1.807, 2.05) is 0 Å². The number of aromatic amines is 1. The number of aldehydes is 1. The predicted molar refractivity (Wildman–Crippen MR) is 98.3 cm³/mol. The third kappa shape index (κ3) is 3.20. The third-order valence-electron chi connectivity index (χ3n) is 4.15. The minimum absolute atomic E-state index is 0.0829. The van der Waals surface area contributed by atoms with Gasteiger partial charge in [-0.3, -0.25) is 19.7 Å². The van der Waals surface area contributed by atoms with E-state index in [9.17, 15) is 24.1 Å². The summed E-state index contributed by atoms with van der Waals surface area (Å²) in [6, 6.07) is 9.84. The van der Waals surface area contributed by atoms with Crippen molar-refractivity contribution in [2.45, 2.75) is 0 Å². The fourth-order valence-electron chi connectivity index (χ4n) is 2.93. The van der Waals surface area contributed by atoms with Gasteiger partial charge in [-0.1, -0.05) is 18.2 Å². The van der Waals surface area contributed by atoms with E-state index in [-0.39, 0.29) is 16.7 Å². The molecule has 8 heteroatoms. The predicted octanol–water partition coefficient (Wildman–Crippen LogP) is 3.07. The molecule has 2 N–H and O–H groups in total. The molecule has 0 aliphatic rings. The maximum atomic E-state index is 13.8. The number of hydrogen-bond donors (Lipinski definition) is 2. The number of nitro benzene ring substituents is 1. The molecule has 0 bridgehead atoms. The second-order valence-electron chi connectivity index (χ2n) is 5.65. The lowest BCUT2D eigenvalue weighted by atomic mass is 9.93. The number of halogens is 1. The van der Waals surface area contributed by atoms with Gasteiger partial charge in [0, 0.05) is 41.4 Å². The maximum absolute atomic E-state index is 13.8. The van der Waals surface area contributed by atoms with Crippen LogP contribution in [-0.4, -0.2) is 29.1 Å². The summed E-state index contributed by atoms with van der Waals surface area (Å²) in [5.74, 6) is -1.50. The average Bonchev–Trinajstić information content (AvgIpc) is 3.09. The minimum Gasteiger partial charge on any atom is -0.361 e. The molecule has 3 rings (SSSR count). The van der Waals surface area contributed by atoms with Crippen molar-refractivity contribution >= 4 is 39.9 Å². The standard InChI is InChI=1S/C19H14FN3O4/c1-21-19(25)18(13-8-11(20)6-7-17(13)23(26)27)15(10-24)14-9-22-16-5-3-2-4-12(14)16/h2-10,22H,1H3,(H,21,25)/b18-15+. The fourth-order valence-corrected chi connectivity index (χ4v) is 2.93. The van der Waals surface area contributed by atoms with E-state index in [1.165, 1.54) is 13.2 Å². The van der Waals surface area contributed by atoms with Crippen LogP contribution in [0.2, 0.25) is 0 Å². The fraction of sp³-hybridized carbons (Fsp3) is 0.0526. The summed E-state index contributed by atoms with van der Waals surface area (Å²) in [7, 11) is 1.32. The molecule has 1 heterocycles. The molecule has 7 nitrogen and oxygen atoms in total. The zero-order valence-corrected chi connectivity index (χ0v) is 14.2. The summed E-state index contributed by atoms with van der Waals surface area (Å²) in [5, 5.41) is 14.4. The second kappa shape index (κ2) is 7.20. The first-order valence-electron chi connectivity index (χ1n) is 7.90. The van der Waals surface area contributed by atoms with Crippen LogP contribution in [0.15, 0.2) is 48.7 Å². The van der Waals surface area contributed by atoms with Gasteiger partial charge in [-0.2, -0.15) is 0 Å². The summed E-state index contributed by atoms with van der Waals surface area (Å²) < 4.78 is 13.8. The molecular weight excluding hydrogens is 353 g/mol. The van der Waals surface area contributed by atoms with Crippen LogP contribution in [0.3, 0.4) is 0 Å². The van der Waals surface area contributed by atoms with Crippen molar-refractivity contribution in [1.82, 2.24) is 10.3 Å².